The molecule has 0 amide bonds. The van der Waals surface area contributed by atoms with Crippen molar-refractivity contribution in [2.75, 3.05) is 26.7 Å². The minimum absolute atomic E-state index is 0.346. The summed E-state index contributed by atoms with van der Waals surface area (Å²) >= 11 is 0. The highest BCUT2D eigenvalue weighted by Gasteiger charge is 2.22. The topological polar surface area (TPSA) is 30.3 Å². The first-order chi connectivity index (χ1) is 8.60. The highest BCUT2D eigenvalue weighted by Crippen LogP contribution is 2.16. The third-order valence-corrected chi connectivity index (χ3v) is 3.53. The van der Waals surface area contributed by atoms with Crippen molar-refractivity contribution < 1.29 is 4.39 Å². The average molecular weight is 247 g/mol. The zero-order valence-electron chi connectivity index (χ0n) is 10.9. The summed E-state index contributed by atoms with van der Waals surface area (Å²) in [5.41, 5.74) is 1.36. The Bertz CT molecular complexity index is 467. The number of piperazine rings is 1. The van der Waals surface area contributed by atoms with Gasteiger partial charge in [-0.3, -0.25) is 4.90 Å². The minimum Gasteiger partial charge on any atom is -0.304 e. The number of halogens is 1. The monoisotopic (exact) mass is 247 g/mol. The predicted molar refractivity (Wildman–Crippen MR) is 68.5 cm³/mol. The van der Waals surface area contributed by atoms with Crippen LogP contribution in [0.4, 0.5) is 4.39 Å². The lowest BCUT2D eigenvalue weighted by Gasteiger charge is -2.38. The zero-order chi connectivity index (χ0) is 13.1. The normalized spacial score (nSPS) is 21.8. The van der Waals surface area contributed by atoms with E-state index in [1.54, 1.807) is 6.07 Å². The molecule has 3 nitrogen and oxygen atoms in total. The van der Waals surface area contributed by atoms with Crippen molar-refractivity contribution in [3.8, 4) is 6.07 Å². The molecule has 0 saturated carbocycles. The largest absolute Gasteiger partial charge is 0.304 e. The van der Waals surface area contributed by atoms with Crippen LogP contribution in [0.5, 0.6) is 0 Å². The second-order valence-electron chi connectivity index (χ2n) is 5.00. The highest BCUT2D eigenvalue weighted by atomic mass is 19.1. The Morgan fingerprint density at radius 1 is 1.44 bits per heavy atom. The Kier molecular flexibility index (Phi) is 3.95. The summed E-state index contributed by atoms with van der Waals surface area (Å²) in [6.45, 7) is 5.96. The maximum atomic E-state index is 13.1. The fourth-order valence-corrected chi connectivity index (χ4v) is 2.42. The third kappa shape index (κ3) is 2.87. The molecule has 1 aromatic carbocycles. The Hall–Kier alpha value is -1.44. The fraction of sp³-hybridized carbons (Fsp3) is 0.500. The smallest absolute Gasteiger partial charge is 0.124 e. The van der Waals surface area contributed by atoms with Crippen LogP contribution in [-0.4, -0.2) is 42.5 Å². The van der Waals surface area contributed by atoms with Crippen LogP contribution in [0.1, 0.15) is 18.1 Å². The Labute approximate surface area is 107 Å². The van der Waals surface area contributed by atoms with Crippen molar-refractivity contribution in [1.29, 1.82) is 5.26 Å². The molecule has 0 aliphatic carbocycles. The number of rotatable bonds is 2. The number of hydrogen-bond donors (Lipinski definition) is 0. The van der Waals surface area contributed by atoms with Crippen molar-refractivity contribution in [3.63, 3.8) is 0 Å². The van der Waals surface area contributed by atoms with Crippen LogP contribution >= 0.6 is 0 Å². The number of likely N-dealkylation sites (N-methyl/N-ethyl adjacent to an activating group) is 1. The SMILES string of the molecule is C[C@H]1CN(C)CCN1Cc1ccc(F)cc1C#N. The summed E-state index contributed by atoms with van der Waals surface area (Å²) in [4.78, 5) is 4.64. The molecule has 0 N–H and O–H groups in total. The number of hydrogen-bond acceptors (Lipinski definition) is 3. The Balaban J connectivity index is 2.12. The molecule has 96 valence electrons. The van der Waals surface area contributed by atoms with Gasteiger partial charge in [0.25, 0.3) is 0 Å². The van der Waals surface area contributed by atoms with Crippen LogP contribution in [0.15, 0.2) is 18.2 Å². The van der Waals surface area contributed by atoms with Crippen molar-refractivity contribution >= 4 is 0 Å². The summed E-state index contributed by atoms with van der Waals surface area (Å²) in [7, 11) is 2.12. The lowest BCUT2D eigenvalue weighted by molar-refractivity contribution is 0.0937. The van der Waals surface area contributed by atoms with Gasteiger partial charge in [-0.25, -0.2) is 4.39 Å². The molecule has 1 aromatic rings. The Morgan fingerprint density at radius 3 is 2.89 bits per heavy atom. The van der Waals surface area contributed by atoms with Gasteiger partial charge in [-0.15, -0.1) is 0 Å². The molecule has 0 bridgehead atoms. The molecule has 1 aliphatic rings. The van der Waals surface area contributed by atoms with Gasteiger partial charge in [0, 0.05) is 32.2 Å². The van der Waals surface area contributed by atoms with Crippen LogP contribution in [0.25, 0.3) is 0 Å². The van der Waals surface area contributed by atoms with E-state index in [9.17, 15) is 4.39 Å². The Morgan fingerprint density at radius 2 is 2.22 bits per heavy atom. The van der Waals surface area contributed by atoms with Gasteiger partial charge in [0.1, 0.15) is 5.82 Å². The average Bonchev–Trinajstić information content (AvgIpc) is 2.34. The molecular formula is C14H18FN3. The molecule has 0 spiro atoms. The first-order valence-corrected chi connectivity index (χ1v) is 6.21. The summed E-state index contributed by atoms with van der Waals surface area (Å²) in [6, 6.07) is 7.00. The number of nitriles is 1. The van der Waals surface area contributed by atoms with E-state index in [2.05, 4.69) is 29.8 Å². The molecule has 1 heterocycles. The van der Waals surface area contributed by atoms with Crippen molar-refractivity contribution in [3.05, 3.63) is 35.1 Å². The first kappa shape index (κ1) is 13.0. The molecule has 1 fully saturated rings. The van der Waals surface area contributed by atoms with Crippen molar-refractivity contribution in [1.82, 2.24) is 9.80 Å². The first-order valence-electron chi connectivity index (χ1n) is 6.21. The van der Waals surface area contributed by atoms with Crippen molar-refractivity contribution in [2.45, 2.75) is 19.5 Å². The lowest BCUT2D eigenvalue weighted by atomic mass is 10.1. The second-order valence-corrected chi connectivity index (χ2v) is 5.00. The van der Waals surface area contributed by atoms with E-state index in [0.29, 0.717) is 11.6 Å². The number of benzene rings is 1. The van der Waals surface area contributed by atoms with E-state index < -0.39 is 0 Å². The third-order valence-electron chi connectivity index (χ3n) is 3.53. The van der Waals surface area contributed by atoms with E-state index in [1.807, 2.05) is 0 Å². The highest BCUT2D eigenvalue weighted by molar-refractivity contribution is 5.37. The van der Waals surface area contributed by atoms with Crippen LogP contribution in [0, 0.1) is 17.1 Å². The van der Waals surface area contributed by atoms with E-state index in [1.165, 1.54) is 12.1 Å². The van der Waals surface area contributed by atoms with E-state index in [-0.39, 0.29) is 5.82 Å². The molecular weight excluding hydrogens is 229 g/mol. The fourth-order valence-electron chi connectivity index (χ4n) is 2.42. The lowest BCUT2D eigenvalue weighted by Crippen LogP contribution is -2.49. The van der Waals surface area contributed by atoms with E-state index >= 15 is 0 Å². The van der Waals surface area contributed by atoms with Gasteiger partial charge in [0.2, 0.25) is 0 Å². The molecule has 0 aromatic heterocycles. The molecule has 0 radical (unpaired) electrons. The van der Waals surface area contributed by atoms with Crippen LogP contribution in [0.2, 0.25) is 0 Å². The van der Waals surface area contributed by atoms with E-state index in [0.717, 1.165) is 31.7 Å². The molecule has 2 rings (SSSR count). The number of nitrogens with zero attached hydrogens (tertiary/aromatic N) is 3. The molecule has 1 aliphatic heterocycles. The molecule has 1 atom stereocenters. The quantitative estimate of drug-likeness (QED) is 0.798. The second kappa shape index (κ2) is 5.47. The van der Waals surface area contributed by atoms with Crippen LogP contribution < -0.4 is 0 Å². The zero-order valence-corrected chi connectivity index (χ0v) is 10.9. The maximum absolute atomic E-state index is 13.1. The van der Waals surface area contributed by atoms with Gasteiger partial charge in [0.15, 0.2) is 0 Å². The maximum Gasteiger partial charge on any atom is 0.124 e. The van der Waals surface area contributed by atoms with Crippen LogP contribution in [0.3, 0.4) is 0 Å². The van der Waals surface area contributed by atoms with Gasteiger partial charge in [-0.05, 0) is 31.7 Å². The van der Waals surface area contributed by atoms with Crippen molar-refractivity contribution in [2.24, 2.45) is 0 Å². The minimum atomic E-state index is -0.346. The van der Waals surface area contributed by atoms with Crippen LogP contribution in [-0.2, 0) is 6.54 Å². The molecule has 0 unspecified atom stereocenters. The summed E-state index contributed by atoms with van der Waals surface area (Å²) < 4.78 is 13.1. The molecule has 18 heavy (non-hydrogen) atoms. The summed E-state index contributed by atoms with van der Waals surface area (Å²) in [5, 5.41) is 9.04. The molecule has 4 heteroatoms. The van der Waals surface area contributed by atoms with Gasteiger partial charge >= 0.3 is 0 Å². The van der Waals surface area contributed by atoms with Gasteiger partial charge in [-0.1, -0.05) is 6.07 Å². The van der Waals surface area contributed by atoms with Gasteiger partial charge in [-0.2, -0.15) is 5.26 Å². The van der Waals surface area contributed by atoms with Gasteiger partial charge < -0.3 is 4.90 Å². The summed E-state index contributed by atoms with van der Waals surface area (Å²) in [6.07, 6.45) is 0. The standard InChI is InChI=1S/C14H18FN3/c1-11-9-17(2)5-6-18(11)10-12-3-4-14(15)7-13(12)8-16/h3-4,7,11H,5-6,9-10H2,1-2H3/t11-/m0/s1. The van der Waals surface area contributed by atoms with E-state index in [4.69, 9.17) is 5.26 Å². The summed E-state index contributed by atoms with van der Waals surface area (Å²) in [5.74, 6) is -0.346. The predicted octanol–water partition coefficient (Wildman–Crippen LogP) is 1.83. The van der Waals surface area contributed by atoms with Gasteiger partial charge in [0.05, 0.1) is 11.6 Å². The molecule has 1 saturated heterocycles.